The zero-order chi connectivity index (χ0) is 21.9. The maximum absolute atomic E-state index is 13.6. The highest BCUT2D eigenvalue weighted by Crippen LogP contribution is 2.39. The third-order valence-corrected chi connectivity index (χ3v) is 6.67. The molecule has 2 unspecified atom stereocenters. The van der Waals surface area contributed by atoms with Crippen LogP contribution in [0.15, 0.2) is 57.8 Å². The summed E-state index contributed by atoms with van der Waals surface area (Å²) in [5.41, 5.74) is 2.97. The minimum absolute atomic E-state index is 0.0140. The Bertz CT molecular complexity index is 1160. The Kier molecular flexibility index (Phi) is 5.99. The maximum atomic E-state index is 13.6. The van der Waals surface area contributed by atoms with Crippen molar-refractivity contribution in [2.24, 2.45) is 9.98 Å². The van der Waals surface area contributed by atoms with Crippen molar-refractivity contribution >= 4 is 29.6 Å². The average molecular weight is 448 g/mol. The van der Waals surface area contributed by atoms with Crippen LogP contribution in [0, 0.1) is 5.82 Å². The van der Waals surface area contributed by atoms with Gasteiger partial charge in [-0.2, -0.15) is 0 Å². The molecule has 0 spiro atoms. The van der Waals surface area contributed by atoms with E-state index in [2.05, 4.69) is 56.5 Å². The van der Waals surface area contributed by atoms with E-state index in [9.17, 15) is 4.39 Å². The van der Waals surface area contributed by atoms with E-state index in [1.807, 2.05) is 18.3 Å². The Hall–Kier alpha value is -3.06. The van der Waals surface area contributed by atoms with Gasteiger partial charge in [0, 0.05) is 36.0 Å². The van der Waals surface area contributed by atoms with Gasteiger partial charge in [0.25, 0.3) is 0 Å². The summed E-state index contributed by atoms with van der Waals surface area (Å²) in [4.78, 5) is 15.3. The van der Waals surface area contributed by atoms with Crippen LogP contribution >= 0.6 is 11.3 Å². The number of hydrogen-bond donors (Lipinski definition) is 1. The largest absolute Gasteiger partial charge is 0.346 e. The number of halogens is 1. The Morgan fingerprint density at radius 1 is 1.28 bits per heavy atom. The first kappa shape index (κ1) is 20.8. The maximum Gasteiger partial charge on any atom is 0.218 e. The van der Waals surface area contributed by atoms with E-state index in [0.29, 0.717) is 5.96 Å². The van der Waals surface area contributed by atoms with Crippen molar-refractivity contribution in [2.45, 2.75) is 44.7 Å². The van der Waals surface area contributed by atoms with Crippen LogP contribution in [0.2, 0.25) is 0 Å². The molecule has 32 heavy (non-hydrogen) atoms. The second-order valence-corrected chi connectivity index (χ2v) is 9.05. The minimum Gasteiger partial charge on any atom is -0.346 e. The zero-order valence-corrected chi connectivity index (χ0v) is 18.9. The van der Waals surface area contributed by atoms with Crippen LogP contribution in [0.1, 0.15) is 54.7 Å². The molecule has 7 heteroatoms. The number of aliphatic imine (C=N–C) groups is 2. The van der Waals surface area contributed by atoms with Gasteiger partial charge in [-0.1, -0.05) is 19.1 Å². The molecule has 0 saturated carbocycles. The fourth-order valence-corrected chi connectivity index (χ4v) is 4.98. The quantitative estimate of drug-likeness (QED) is 0.517. The van der Waals surface area contributed by atoms with Gasteiger partial charge in [-0.3, -0.25) is 4.99 Å². The van der Waals surface area contributed by atoms with E-state index in [1.54, 1.807) is 11.3 Å². The predicted octanol–water partition coefficient (Wildman–Crippen LogP) is 5.82. The molecular weight excluding hydrogens is 421 g/mol. The highest BCUT2D eigenvalue weighted by atomic mass is 32.1. The average Bonchev–Trinajstić information content (AvgIpc) is 3.54. The number of imidazole rings is 1. The molecule has 5 rings (SSSR count). The number of thiophene rings is 1. The number of rotatable bonds is 6. The first-order valence-electron chi connectivity index (χ1n) is 11.1. The van der Waals surface area contributed by atoms with Crippen LogP contribution in [-0.4, -0.2) is 28.3 Å². The van der Waals surface area contributed by atoms with Crippen LogP contribution in [0.25, 0.3) is 17.3 Å². The topological polar surface area (TPSA) is 54.6 Å². The molecule has 1 N–H and O–H groups in total. The highest BCUT2D eigenvalue weighted by molar-refractivity contribution is 7.10. The van der Waals surface area contributed by atoms with Crippen molar-refractivity contribution in [2.75, 3.05) is 6.54 Å². The van der Waals surface area contributed by atoms with Gasteiger partial charge in [0.05, 0.1) is 23.5 Å². The molecule has 4 heterocycles. The van der Waals surface area contributed by atoms with Gasteiger partial charge in [-0.15, -0.1) is 11.3 Å². The number of benzene rings is 1. The number of hydrogen-bond acceptors (Lipinski definition) is 3. The van der Waals surface area contributed by atoms with E-state index in [0.717, 1.165) is 55.0 Å². The van der Waals surface area contributed by atoms with Crippen LogP contribution in [0.4, 0.5) is 4.39 Å². The van der Waals surface area contributed by atoms with Gasteiger partial charge >= 0.3 is 0 Å². The number of nitrogens with zero attached hydrogens (tertiary/aromatic N) is 4. The zero-order valence-electron chi connectivity index (χ0n) is 18.0. The first-order chi connectivity index (χ1) is 15.7. The fraction of sp³-hybridized carbons (Fsp3) is 0.320. The summed E-state index contributed by atoms with van der Waals surface area (Å²) < 4.78 is 16.0. The Morgan fingerprint density at radius 2 is 2.16 bits per heavy atom. The molecule has 5 nitrogen and oxygen atoms in total. The lowest BCUT2D eigenvalue weighted by Gasteiger charge is -2.25. The van der Waals surface area contributed by atoms with Crippen LogP contribution < -0.4 is 5.32 Å². The molecule has 2 atom stereocenters. The summed E-state index contributed by atoms with van der Waals surface area (Å²) in [6, 6.07) is 11.1. The number of guanidine groups is 1. The molecule has 0 aliphatic carbocycles. The summed E-state index contributed by atoms with van der Waals surface area (Å²) in [6.45, 7) is 2.85. The van der Waals surface area contributed by atoms with Gasteiger partial charge in [0.1, 0.15) is 11.6 Å². The van der Waals surface area contributed by atoms with E-state index >= 15 is 0 Å². The lowest BCUT2D eigenvalue weighted by atomic mass is 10.0. The van der Waals surface area contributed by atoms with Crippen LogP contribution in [-0.2, 0) is 6.42 Å². The molecule has 0 fully saturated rings. The van der Waals surface area contributed by atoms with Crippen molar-refractivity contribution in [3.8, 4) is 11.3 Å². The van der Waals surface area contributed by atoms with E-state index in [1.165, 1.54) is 17.0 Å². The molecule has 164 valence electrons. The summed E-state index contributed by atoms with van der Waals surface area (Å²) >= 11 is 1.74. The van der Waals surface area contributed by atoms with Crippen molar-refractivity contribution in [1.82, 2.24) is 14.9 Å². The lowest BCUT2D eigenvalue weighted by Crippen LogP contribution is -2.33. The Morgan fingerprint density at radius 3 is 2.94 bits per heavy atom. The predicted molar refractivity (Wildman–Crippen MR) is 130 cm³/mol. The van der Waals surface area contributed by atoms with E-state index in [-0.39, 0.29) is 17.9 Å². The molecule has 0 amide bonds. The van der Waals surface area contributed by atoms with E-state index in [4.69, 9.17) is 4.98 Å². The normalized spacial score (nSPS) is 21.4. The second-order valence-electron chi connectivity index (χ2n) is 8.07. The SMILES string of the molecule is CCCN=C1N=CCC(c2c(-c3ccc(F)cc3)nc3n2C(/C=C/c2cccs2)CC3)N1. The number of aromatic nitrogens is 2. The van der Waals surface area contributed by atoms with Gasteiger partial charge in [0.2, 0.25) is 5.96 Å². The molecular formula is C25H26FN5S. The molecule has 2 aromatic heterocycles. The fourth-order valence-electron chi connectivity index (χ4n) is 4.35. The molecule has 1 aromatic carbocycles. The smallest absolute Gasteiger partial charge is 0.218 e. The van der Waals surface area contributed by atoms with Crippen molar-refractivity contribution in [1.29, 1.82) is 0 Å². The number of nitrogens with one attached hydrogen (secondary N) is 1. The van der Waals surface area contributed by atoms with Crippen LogP contribution in [0.3, 0.4) is 0 Å². The van der Waals surface area contributed by atoms with Crippen molar-refractivity contribution in [3.05, 3.63) is 70.1 Å². The first-order valence-corrected chi connectivity index (χ1v) is 12.0. The number of allylic oxidation sites excluding steroid dienone is 1. The Balaban J connectivity index is 1.57. The van der Waals surface area contributed by atoms with E-state index < -0.39 is 0 Å². The highest BCUT2D eigenvalue weighted by Gasteiger charge is 2.33. The Labute approximate surface area is 191 Å². The van der Waals surface area contributed by atoms with Gasteiger partial charge in [-0.25, -0.2) is 14.4 Å². The van der Waals surface area contributed by atoms with Gasteiger partial charge in [-0.05, 0) is 54.6 Å². The monoisotopic (exact) mass is 447 g/mol. The van der Waals surface area contributed by atoms with Gasteiger partial charge < -0.3 is 9.88 Å². The lowest BCUT2D eigenvalue weighted by molar-refractivity contribution is 0.552. The molecule has 2 aliphatic heterocycles. The third-order valence-electron chi connectivity index (χ3n) is 5.83. The minimum atomic E-state index is -0.240. The number of fused-ring (bicyclic) bond motifs is 1. The molecule has 2 aliphatic rings. The summed E-state index contributed by atoms with van der Waals surface area (Å²) in [7, 11) is 0. The second kappa shape index (κ2) is 9.20. The third kappa shape index (κ3) is 4.17. The standard InChI is InChI=1S/C25H26FN5S/c1-2-14-27-25-28-15-13-21(29-25)24-23(17-5-7-18(26)8-6-17)30-22-12-10-19(31(22)24)9-11-20-4-3-16-32-20/h3-9,11,15-16,19,21H,2,10,12-14H2,1H3,(H,27,29)/b11-9+. The van der Waals surface area contributed by atoms with Crippen molar-refractivity contribution < 1.29 is 4.39 Å². The number of aryl methyl sites for hydroxylation is 1. The van der Waals surface area contributed by atoms with Crippen LogP contribution in [0.5, 0.6) is 0 Å². The van der Waals surface area contributed by atoms with Gasteiger partial charge in [0.15, 0.2) is 0 Å². The van der Waals surface area contributed by atoms with Crippen molar-refractivity contribution in [3.63, 3.8) is 0 Å². The molecule has 0 bridgehead atoms. The summed E-state index contributed by atoms with van der Waals surface area (Å²) in [5, 5.41) is 5.62. The summed E-state index contributed by atoms with van der Waals surface area (Å²) in [6.07, 6.45) is 10.1. The summed E-state index contributed by atoms with van der Waals surface area (Å²) in [5.74, 6) is 1.51. The molecule has 0 radical (unpaired) electrons. The molecule has 3 aromatic rings. The molecule has 0 saturated heterocycles.